The fraction of sp³-hybridized carbons (Fsp3) is 0.389. The van der Waals surface area contributed by atoms with Crippen LogP contribution in [0.4, 0.5) is 0 Å². The molecule has 0 radical (unpaired) electrons. The van der Waals surface area contributed by atoms with Crippen LogP contribution >= 0.6 is 0 Å². The fourth-order valence-corrected chi connectivity index (χ4v) is 2.71. The molecule has 3 rings (SSSR count). The Labute approximate surface area is 145 Å². The van der Waals surface area contributed by atoms with Gasteiger partial charge in [0.15, 0.2) is 17.9 Å². The van der Waals surface area contributed by atoms with Gasteiger partial charge >= 0.3 is 5.69 Å². The van der Waals surface area contributed by atoms with Crippen LogP contribution in [0, 0.1) is 12.8 Å². The maximum absolute atomic E-state index is 12.6. The summed E-state index contributed by atoms with van der Waals surface area (Å²) in [5.41, 5.74) is 1.19. The molecule has 0 aliphatic heterocycles. The Morgan fingerprint density at radius 3 is 2.48 bits per heavy atom. The highest BCUT2D eigenvalue weighted by Crippen LogP contribution is 2.14. The first-order chi connectivity index (χ1) is 11.9. The number of imidazole rings is 1. The molecule has 3 aromatic rings. The molecule has 0 aliphatic carbocycles. The Kier molecular flexibility index (Phi) is 4.48. The monoisotopic (exact) mass is 342 g/mol. The molecule has 0 saturated carbocycles. The smallest absolute Gasteiger partial charge is 0.332 e. The largest absolute Gasteiger partial charge is 0.473 e. The average molecular weight is 342 g/mol. The first-order valence-corrected chi connectivity index (χ1v) is 8.22. The molecule has 2 heterocycles. The summed E-state index contributed by atoms with van der Waals surface area (Å²) in [5, 5.41) is 0. The van der Waals surface area contributed by atoms with E-state index >= 15 is 0 Å². The Morgan fingerprint density at radius 1 is 1.16 bits per heavy atom. The molecule has 0 aliphatic rings. The second kappa shape index (κ2) is 6.58. The molecule has 0 atom stereocenters. The molecule has 2 aromatic heterocycles. The van der Waals surface area contributed by atoms with E-state index in [-0.39, 0.29) is 23.9 Å². The second-order valence-electron chi connectivity index (χ2n) is 6.62. The number of aryl methyl sites for hydroxylation is 1. The van der Waals surface area contributed by atoms with Crippen LogP contribution in [-0.2, 0) is 20.3 Å². The van der Waals surface area contributed by atoms with Crippen molar-refractivity contribution in [3.05, 3.63) is 57.0 Å². The average Bonchev–Trinajstić information content (AvgIpc) is 3.00. The summed E-state index contributed by atoms with van der Waals surface area (Å²) in [4.78, 5) is 29.3. The summed E-state index contributed by atoms with van der Waals surface area (Å²) >= 11 is 0. The summed E-state index contributed by atoms with van der Waals surface area (Å²) in [6.07, 6.45) is 1.54. The Balaban J connectivity index is 2.02. The number of hydrogen-bond acceptors (Lipinski definition) is 4. The molecule has 25 heavy (non-hydrogen) atoms. The van der Waals surface area contributed by atoms with Crippen LogP contribution in [0.1, 0.15) is 19.4 Å². The number of rotatable bonds is 5. The summed E-state index contributed by atoms with van der Waals surface area (Å²) < 4.78 is 10.0. The van der Waals surface area contributed by atoms with Gasteiger partial charge in [0.2, 0.25) is 0 Å². The van der Waals surface area contributed by atoms with E-state index in [0.29, 0.717) is 23.5 Å². The molecule has 7 nitrogen and oxygen atoms in total. The highest BCUT2D eigenvalue weighted by Gasteiger charge is 2.17. The quantitative estimate of drug-likeness (QED) is 0.710. The van der Waals surface area contributed by atoms with Crippen molar-refractivity contribution in [1.82, 2.24) is 18.7 Å². The van der Waals surface area contributed by atoms with E-state index in [9.17, 15) is 9.59 Å². The minimum absolute atomic E-state index is 0.148. The number of benzene rings is 1. The lowest BCUT2D eigenvalue weighted by molar-refractivity contribution is 0.240. The molecule has 132 valence electrons. The van der Waals surface area contributed by atoms with Gasteiger partial charge in [0, 0.05) is 13.6 Å². The van der Waals surface area contributed by atoms with Crippen molar-refractivity contribution >= 4 is 11.2 Å². The van der Waals surface area contributed by atoms with Gasteiger partial charge in [-0.05, 0) is 25.0 Å². The van der Waals surface area contributed by atoms with Crippen molar-refractivity contribution in [1.29, 1.82) is 0 Å². The zero-order valence-corrected chi connectivity index (χ0v) is 14.9. The van der Waals surface area contributed by atoms with E-state index in [4.69, 9.17) is 4.74 Å². The zero-order chi connectivity index (χ0) is 18.1. The van der Waals surface area contributed by atoms with Gasteiger partial charge in [-0.1, -0.05) is 31.5 Å². The van der Waals surface area contributed by atoms with E-state index in [1.807, 2.05) is 45.0 Å². The number of fused-ring (bicyclic) bond motifs is 1. The maximum atomic E-state index is 12.6. The minimum atomic E-state index is -0.370. The topological polar surface area (TPSA) is 71.1 Å². The molecular formula is C18H22N4O3. The van der Waals surface area contributed by atoms with Gasteiger partial charge in [0.25, 0.3) is 5.56 Å². The second-order valence-corrected chi connectivity index (χ2v) is 6.62. The molecule has 0 spiro atoms. The molecule has 1 aromatic carbocycles. The van der Waals surface area contributed by atoms with Crippen LogP contribution in [0.2, 0.25) is 0 Å². The molecular weight excluding hydrogens is 320 g/mol. The predicted octanol–water partition coefficient (Wildman–Crippen LogP) is 1.90. The van der Waals surface area contributed by atoms with E-state index in [0.717, 1.165) is 10.1 Å². The van der Waals surface area contributed by atoms with Gasteiger partial charge in [-0.3, -0.25) is 18.5 Å². The van der Waals surface area contributed by atoms with Gasteiger partial charge in [0.05, 0.1) is 0 Å². The highest BCUT2D eigenvalue weighted by molar-refractivity contribution is 5.70. The predicted molar refractivity (Wildman–Crippen MR) is 95.9 cm³/mol. The minimum Gasteiger partial charge on any atom is -0.473 e. The maximum Gasteiger partial charge on any atom is 0.332 e. The van der Waals surface area contributed by atoms with Crippen LogP contribution in [-0.4, -0.2) is 18.7 Å². The third-order valence-electron chi connectivity index (χ3n) is 4.04. The molecule has 0 amide bonds. The third-order valence-corrected chi connectivity index (χ3v) is 4.04. The number of nitrogens with zero attached hydrogens (tertiary/aromatic N) is 4. The molecule has 0 fully saturated rings. The van der Waals surface area contributed by atoms with Crippen LogP contribution in [0.15, 0.2) is 40.2 Å². The molecule has 0 N–H and O–H groups in total. The first kappa shape index (κ1) is 17.0. The SMILES string of the molecule is Cc1ccc(OCn2cnc3c2c(=O)n(C)c(=O)n3CC(C)C)cc1. The summed E-state index contributed by atoms with van der Waals surface area (Å²) in [6.45, 7) is 6.68. The molecule has 7 heteroatoms. The van der Waals surface area contributed by atoms with Crippen LogP contribution in [0.5, 0.6) is 5.75 Å². The molecule has 0 unspecified atom stereocenters. The van der Waals surface area contributed by atoms with Crippen LogP contribution in [0.3, 0.4) is 0 Å². The zero-order valence-electron chi connectivity index (χ0n) is 14.9. The number of hydrogen-bond donors (Lipinski definition) is 0. The fourth-order valence-electron chi connectivity index (χ4n) is 2.71. The van der Waals surface area contributed by atoms with Gasteiger partial charge in [-0.15, -0.1) is 0 Å². The summed E-state index contributed by atoms with van der Waals surface area (Å²) in [7, 11) is 1.49. The van der Waals surface area contributed by atoms with Gasteiger partial charge in [-0.2, -0.15) is 0 Å². The third kappa shape index (κ3) is 3.22. The highest BCUT2D eigenvalue weighted by atomic mass is 16.5. The lowest BCUT2D eigenvalue weighted by atomic mass is 10.2. The van der Waals surface area contributed by atoms with Crippen LogP contribution in [0.25, 0.3) is 11.2 Å². The van der Waals surface area contributed by atoms with Crippen molar-refractivity contribution in [2.24, 2.45) is 13.0 Å². The molecule has 0 saturated heterocycles. The van der Waals surface area contributed by atoms with Crippen LogP contribution < -0.4 is 16.0 Å². The van der Waals surface area contributed by atoms with E-state index in [1.165, 1.54) is 13.4 Å². The first-order valence-electron chi connectivity index (χ1n) is 8.22. The van der Waals surface area contributed by atoms with Crippen molar-refractivity contribution in [3.63, 3.8) is 0 Å². The summed E-state index contributed by atoms with van der Waals surface area (Å²) in [5.74, 6) is 0.965. The van der Waals surface area contributed by atoms with E-state index < -0.39 is 0 Å². The van der Waals surface area contributed by atoms with Crippen molar-refractivity contribution in [2.45, 2.75) is 34.0 Å². The standard InChI is InChI=1S/C18H22N4O3/c1-12(2)9-22-16-15(17(23)20(4)18(22)24)21(10-19-16)11-25-14-7-5-13(3)6-8-14/h5-8,10,12H,9,11H2,1-4H3. The van der Waals surface area contributed by atoms with Gasteiger partial charge in [-0.25, -0.2) is 9.78 Å². The Morgan fingerprint density at radius 2 is 1.84 bits per heavy atom. The lowest BCUT2D eigenvalue weighted by Gasteiger charge is -2.12. The molecule has 0 bridgehead atoms. The van der Waals surface area contributed by atoms with Crippen molar-refractivity contribution in [2.75, 3.05) is 0 Å². The Hall–Kier alpha value is -2.83. The lowest BCUT2D eigenvalue weighted by Crippen LogP contribution is -2.39. The number of aromatic nitrogens is 4. The number of ether oxygens (including phenoxy) is 1. The summed E-state index contributed by atoms with van der Waals surface area (Å²) in [6, 6.07) is 7.67. The van der Waals surface area contributed by atoms with Gasteiger partial charge in [0.1, 0.15) is 12.1 Å². The van der Waals surface area contributed by atoms with E-state index in [1.54, 1.807) is 9.13 Å². The van der Waals surface area contributed by atoms with Gasteiger partial charge < -0.3 is 4.74 Å². The van der Waals surface area contributed by atoms with Crippen molar-refractivity contribution in [3.8, 4) is 5.75 Å². The van der Waals surface area contributed by atoms with E-state index in [2.05, 4.69) is 4.98 Å². The normalized spacial score (nSPS) is 11.4. The van der Waals surface area contributed by atoms with Crippen molar-refractivity contribution < 1.29 is 4.74 Å². The Bertz CT molecular complexity index is 1010.